The van der Waals surface area contributed by atoms with Crippen molar-refractivity contribution in [3.8, 4) is 0 Å². The minimum absolute atomic E-state index is 0.109. The molecule has 0 atom stereocenters. The molecular weight excluding hydrogens is 391 g/mol. The molecule has 158 valence electrons. The zero-order valence-corrected chi connectivity index (χ0v) is 18.3. The Morgan fingerprint density at radius 3 is 2.55 bits per heavy atom. The first-order chi connectivity index (χ1) is 13.6. The summed E-state index contributed by atoms with van der Waals surface area (Å²) in [7, 11) is -2.01. The molecule has 8 heteroatoms. The molecule has 1 heterocycles. The van der Waals surface area contributed by atoms with E-state index in [1.807, 2.05) is 44.2 Å². The second-order valence-electron chi connectivity index (χ2n) is 7.74. The fourth-order valence-electron chi connectivity index (χ4n) is 3.23. The molecule has 0 aliphatic heterocycles. The number of halogens is 1. The van der Waals surface area contributed by atoms with Gasteiger partial charge in [-0.3, -0.25) is 0 Å². The maximum atomic E-state index is 13.3. The summed E-state index contributed by atoms with van der Waals surface area (Å²) in [6.45, 7) is 7.91. The van der Waals surface area contributed by atoms with Gasteiger partial charge in [-0.1, -0.05) is 49.8 Å². The van der Waals surface area contributed by atoms with E-state index in [1.54, 1.807) is 6.08 Å². The average molecular weight is 420 g/mol. The van der Waals surface area contributed by atoms with Gasteiger partial charge in [-0.15, -0.1) is 0 Å². The van der Waals surface area contributed by atoms with E-state index in [-0.39, 0.29) is 11.1 Å². The van der Waals surface area contributed by atoms with Crippen molar-refractivity contribution in [2.75, 3.05) is 7.05 Å². The smallest absolute Gasteiger partial charge is 0.236 e. The van der Waals surface area contributed by atoms with Crippen molar-refractivity contribution in [2.24, 2.45) is 5.41 Å². The Hall–Kier alpha value is -2.32. The summed E-state index contributed by atoms with van der Waals surface area (Å²) in [4.78, 5) is 0.473. The zero-order valence-electron chi connectivity index (χ0n) is 17.5. The third-order valence-electron chi connectivity index (χ3n) is 4.92. The first kappa shape index (κ1) is 23.0. The maximum Gasteiger partial charge on any atom is 0.236 e. The molecule has 0 radical (unpaired) electrons. The van der Waals surface area contributed by atoms with Crippen molar-refractivity contribution < 1.29 is 12.8 Å². The normalized spacial score (nSPS) is 19.0. The maximum absolute atomic E-state index is 13.3. The van der Waals surface area contributed by atoms with Crippen LogP contribution in [-0.2, 0) is 10.0 Å². The number of hydrogen-bond donors (Lipinski definition) is 1. The lowest BCUT2D eigenvalue weighted by atomic mass is 9.75. The summed E-state index contributed by atoms with van der Waals surface area (Å²) < 4.78 is 40.6. The Morgan fingerprint density at radius 2 is 1.93 bits per heavy atom. The lowest BCUT2D eigenvalue weighted by Gasteiger charge is -2.33. The molecule has 0 saturated heterocycles. The van der Waals surface area contributed by atoms with Gasteiger partial charge in [-0.05, 0) is 62.8 Å². The monoisotopic (exact) mass is 419 g/mol. The minimum atomic E-state index is -3.46. The Labute approximate surface area is 172 Å². The van der Waals surface area contributed by atoms with E-state index in [2.05, 4.69) is 34.0 Å². The van der Waals surface area contributed by atoms with Crippen molar-refractivity contribution in [1.82, 2.24) is 20.1 Å². The first-order valence-corrected chi connectivity index (χ1v) is 11.0. The van der Waals surface area contributed by atoms with Gasteiger partial charge < -0.3 is 15.4 Å². The first-order valence-electron chi connectivity index (χ1n) is 9.47. The summed E-state index contributed by atoms with van der Waals surface area (Å²) in [6.07, 6.45) is 13.3. The molecule has 0 aromatic carbocycles. The van der Waals surface area contributed by atoms with Crippen LogP contribution in [0.1, 0.15) is 52.7 Å². The summed E-state index contributed by atoms with van der Waals surface area (Å²) in [5, 5.41) is 10.1. The van der Waals surface area contributed by atoms with Gasteiger partial charge in [0.05, 0.1) is 10.6 Å². The highest BCUT2D eigenvalue weighted by atomic mass is 32.2. The van der Waals surface area contributed by atoms with Gasteiger partial charge in [0.25, 0.3) is 0 Å². The van der Waals surface area contributed by atoms with Crippen molar-refractivity contribution in [1.29, 1.82) is 0 Å². The Bertz CT molecular complexity index is 996. The van der Waals surface area contributed by atoms with Crippen LogP contribution in [0.3, 0.4) is 0 Å². The third kappa shape index (κ3) is 6.08. The molecule has 2 rings (SSSR count). The molecule has 1 aromatic heterocycles. The standard InChI is InChI=1S/C21H28FN4O2S/c1-15(8-6-9-16(2)14-18-20(22)25-26-24-18)11-12-17-19(29(27,28)23-5)10-7-13-21(17,3)4/h6,8-9,11-12,14,23H,7,10,13H2,1-5H3/q-1/b9-6+,12-11+,15-8+,16-14+. The average Bonchev–Trinajstić information content (AvgIpc) is 3.04. The number of nitrogens with one attached hydrogen (secondary N) is 1. The minimum Gasteiger partial charge on any atom is -0.490 e. The molecule has 0 fully saturated rings. The largest absolute Gasteiger partial charge is 0.490 e. The second kappa shape index (κ2) is 9.45. The Kier molecular flexibility index (Phi) is 7.48. The quantitative estimate of drug-likeness (QED) is 0.674. The van der Waals surface area contributed by atoms with Crippen LogP contribution in [0.25, 0.3) is 6.08 Å². The predicted molar refractivity (Wildman–Crippen MR) is 114 cm³/mol. The molecular formula is C21H28FN4O2S-. The highest BCUT2D eigenvalue weighted by Crippen LogP contribution is 2.42. The van der Waals surface area contributed by atoms with Crippen molar-refractivity contribution in [3.05, 3.63) is 63.6 Å². The summed E-state index contributed by atoms with van der Waals surface area (Å²) >= 11 is 0. The fourth-order valence-corrected chi connectivity index (χ4v) is 4.53. The fraction of sp³-hybridized carbons (Fsp3) is 0.429. The third-order valence-corrected chi connectivity index (χ3v) is 6.53. The van der Waals surface area contributed by atoms with Crippen molar-refractivity contribution in [2.45, 2.75) is 47.0 Å². The van der Waals surface area contributed by atoms with Gasteiger partial charge in [0, 0.05) is 0 Å². The summed E-state index contributed by atoms with van der Waals surface area (Å²) in [6, 6.07) is 0. The SMILES string of the molecule is CNS(=O)(=O)C1=C(/C=C/C(C)=C/C=C/C(C)=C/c2n[n-]nc2F)C(C)(C)CCC1. The molecule has 0 unspecified atom stereocenters. The zero-order chi connectivity index (χ0) is 21.7. The highest BCUT2D eigenvalue weighted by molar-refractivity contribution is 7.93. The molecule has 1 aromatic rings. The molecule has 6 nitrogen and oxygen atoms in total. The lowest BCUT2D eigenvalue weighted by Crippen LogP contribution is -2.28. The molecule has 0 saturated carbocycles. The Morgan fingerprint density at radius 1 is 1.21 bits per heavy atom. The van der Waals surface area contributed by atoms with Crippen LogP contribution in [0.4, 0.5) is 4.39 Å². The number of hydrogen-bond acceptors (Lipinski definition) is 4. The number of aromatic nitrogens is 3. The van der Waals surface area contributed by atoms with Crippen molar-refractivity contribution >= 4 is 16.1 Å². The van der Waals surface area contributed by atoms with Crippen LogP contribution in [0.2, 0.25) is 0 Å². The second-order valence-corrected chi connectivity index (χ2v) is 9.65. The van der Waals surface area contributed by atoms with Crippen LogP contribution in [0.15, 0.2) is 52.0 Å². The van der Waals surface area contributed by atoms with Crippen LogP contribution >= 0.6 is 0 Å². The molecule has 29 heavy (non-hydrogen) atoms. The topological polar surface area (TPSA) is 86.0 Å². The highest BCUT2D eigenvalue weighted by Gasteiger charge is 2.33. The van der Waals surface area contributed by atoms with E-state index in [0.717, 1.165) is 29.6 Å². The van der Waals surface area contributed by atoms with Crippen LogP contribution in [0.5, 0.6) is 0 Å². The van der Waals surface area contributed by atoms with E-state index in [0.29, 0.717) is 11.3 Å². The molecule has 1 aliphatic carbocycles. The van der Waals surface area contributed by atoms with E-state index >= 15 is 0 Å². The molecule has 1 aliphatic rings. The lowest BCUT2D eigenvalue weighted by molar-refractivity contribution is 0.381. The Balaban J connectivity index is 2.22. The van der Waals surface area contributed by atoms with Gasteiger partial charge in [0.1, 0.15) is 0 Å². The van der Waals surface area contributed by atoms with Gasteiger partial charge in [0.2, 0.25) is 16.0 Å². The number of sulfonamides is 1. The summed E-state index contributed by atoms with van der Waals surface area (Å²) in [5.74, 6) is -0.692. The molecule has 0 spiro atoms. The van der Waals surface area contributed by atoms with Crippen molar-refractivity contribution in [3.63, 3.8) is 0 Å². The van der Waals surface area contributed by atoms with E-state index < -0.39 is 16.0 Å². The predicted octanol–water partition coefficient (Wildman–Crippen LogP) is 4.05. The summed E-state index contributed by atoms with van der Waals surface area (Å²) in [5.41, 5.74) is 2.52. The van der Waals surface area contributed by atoms with Crippen LogP contribution < -0.4 is 9.94 Å². The molecule has 0 bridgehead atoms. The van der Waals surface area contributed by atoms with E-state index in [4.69, 9.17) is 0 Å². The number of rotatable bonds is 7. The van der Waals surface area contributed by atoms with Gasteiger partial charge in [-0.25, -0.2) is 13.1 Å². The molecule has 0 amide bonds. The molecule has 1 N–H and O–H groups in total. The van der Waals surface area contributed by atoms with Gasteiger partial charge in [0.15, 0.2) is 0 Å². The van der Waals surface area contributed by atoms with Gasteiger partial charge >= 0.3 is 0 Å². The number of nitrogens with zero attached hydrogens (tertiary/aromatic N) is 3. The number of allylic oxidation sites excluding steroid dienone is 9. The van der Waals surface area contributed by atoms with E-state index in [1.165, 1.54) is 7.05 Å². The van der Waals surface area contributed by atoms with E-state index in [9.17, 15) is 12.8 Å². The van der Waals surface area contributed by atoms with Crippen LogP contribution in [-0.4, -0.2) is 25.7 Å². The van der Waals surface area contributed by atoms with Crippen LogP contribution in [0, 0.1) is 11.4 Å². The van der Waals surface area contributed by atoms with Gasteiger partial charge in [-0.2, -0.15) is 4.39 Å².